The van der Waals surface area contributed by atoms with E-state index in [0.717, 1.165) is 34.2 Å². The Bertz CT molecular complexity index is 1560. The van der Waals surface area contributed by atoms with E-state index in [0.29, 0.717) is 32.6 Å². The summed E-state index contributed by atoms with van der Waals surface area (Å²) in [4.78, 5) is 43.8. The molecule has 9 heteroatoms. The lowest BCUT2D eigenvalue weighted by atomic mass is 10.0. The van der Waals surface area contributed by atoms with Crippen molar-refractivity contribution in [1.82, 2.24) is 15.1 Å². The third-order valence-corrected chi connectivity index (χ3v) is 8.38. The smallest absolute Gasteiger partial charge is 0.328 e. The minimum atomic E-state index is -0.956. The maximum atomic E-state index is 13.9. The fourth-order valence-corrected chi connectivity index (χ4v) is 5.73. The zero-order valence-electron chi connectivity index (χ0n) is 28.5. The van der Waals surface area contributed by atoms with Crippen LogP contribution in [0.2, 0.25) is 0 Å². The largest absolute Gasteiger partial charge is 0.469 e. The van der Waals surface area contributed by atoms with E-state index in [-0.39, 0.29) is 18.8 Å². The number of carbonyl (C=O) groups is 3. The molecule has 49 heavy (non-hydrogen) atoms. The second kappa shape index (κ2) is 19.1. The molecule has 0 bridgehead atoms. The van der Waals surface area contributed by atoms with Crippen LogP contribution in [-0.2, 0) is 38.6 Å². The van der Waals surface area contributed by atoms with Gasteiger partial charge in [-0.2, -0.15) is 0 Å². The number of carbonyl (C=O) groups excluding carboxylic acids is 3. The SMILES string of the molecule is CCCCN(C[C@@H](CN(Cc1ccccc1)Cc1ccccc1)C(=O)OC)C(=O)N[C@@H](Cc1ccc(-c2ccc(F)cc2)cc1)C(=O)OC. The highest BCUT2D eigenvalue weighted by Crippen LogP contribution is 2.21. The Labute approximate surface area is 288 Å². The van der Waals surface area contributed by atoms with Gasteiger partial charge < -0.3 is 19.7 Å². The van der Waals surface area contributed by atoms with Crippen molar-refractivity contribution in [2.45, 2.75) is 45.3 Å². The maximum Gasteiger partial charge on any atom is 0.328 e. The second-order valence-electron chi connectivity index (χ2n) is 12.1. The van der Waals surface area contributed by atoms with Crippen LogP contribution in [0.15, 0.2) is 109 Å². The molecule has 4 aromatic rings. The molecule has 0 radical (unpaired) electrons. The van der Waals surface area contributed by atoms with Crippen molar-refractivity contribution in [3.63, 3.8) is 0 Å². The third kappa shape index (κ3) is 11.6. The summed E-state index contributed by atoms with van der Waals surface area (Å²) in [7, 11) is 2.65. The molecular weight excluding hydrogens is 621 g/mol. The van der Waals surface area contributed by atoms with E-state index in [4.69, 9.17) is 9.47 Å². The normalized spacial score (nSPS) is 12.2. The van der Waals surface area contributed by atoms with E-state index < -0.39 is 29.9 Å². The monoisotopic (exact) mass is 667 g/mol. The molecule has 0 unspecified atom stereocenters. The highest BCUT2D eigenvalue weighted by atomic mass is 19.1. The van der Waals surface area contributed by atoms with E-state index in [9.17, 15) is 18.8 Å². The van der Waals surface area contributed by atoms with E-state index in [1.165, 1.54) is 26.4 Å². The van der Waals surface area contributed by atoms with Gasteiger partial charge in [0.15, 0.2) is 0 Å². The highest BCUT2D eigenvalue weighted by Gasteiger charge is 2.30. The van der Waals surface area contributed by atoms with Crippen LogP contribution in [0.25, 0.3) is 11.1 Å². The van der Waals surface area contributed by atoms with Crippen molar-refractivity contribution >= 4 is 18.0 Å². The maximum absolute atomic E-state index is 13.9. The van der Waals surface area contributed by atoms with Crippen LogP contribution in [0.3, 0.4) is 0 Å². The molecule has 0 aliphatic heterocycles. The minimum absolute atomic E-state index is 0.110. The molecule has 0 fully saturated rings. The first-order valence-electron chi connectivity index (χ1n) is 16.7. The molecular formula is C40H46FN3O5. The summed E-state index contributed by atoms with van der Waals surface area (Å²) in [5.41, 5.74) is 4.79. The van der Waals surface area contributed by atoms with Gasteiger partial charge in [-0.05, 0) is 46.4 Å². The van der Waals surface area contributed by atoms with Gasteiger partial charge in [0.25, 0.3) is 0 Å². The van der Waals surface area contributed by atoms with Crippen LogP contribution in [0, 0.1) is 11.7 Å². The number of urea groups is 1. The molecule has 0 spiro atoms. The van der Waals surface area contributed by atoms with Crippen molar-refractivity contribution in [2.75, 3.05) is 33.9 Å². The first-order valence-corrected chi connectivity index (χ1v) is 16.7. The van der Waals surface area contributed by atoms with Gasteiger partial charge in [-0.1, -0.05) is 110 Å². The topological polar surface area (TPSA) is 88.2 Å². The Morgan fingerprint density at radius 2 is 1.22 bits per heavy atom. The Morgan fingerprint density at radius 1 is 0.694 bits per heavy atom. The van der Waals surface area contributed by atoms with Crippen molar-refractivity contribution in [3.05, 3.63) is 132 Å². The molecule has 0 heterocycles. The number of ether oxygens (including phenoxy) is 2. The van der Waals surface area contributed by atoms with E-state index in [1.807, 2.05) is 67.6 Å². The first kappa shape index (κ1) is 36.8. The summed E-state index contributed by atoms with van der Waals surface area (Å²) < 4.78 is 23.7. The molecule has 8 nitrogen and oxygen atoms in total. The van der Waals surface area contributed by atoms with Crippen LogP contribution >= 0.6 is 0 Å². The van der Waals surface area contributed by atoms with Crippen molar-refractivity contribution in [3.8, 4) is 11.1 Å². The molecule has 0 saturated carbocycles. The lowest BCUT2D eigenvalue weighted by Gasteiger charge is -2.31. The average Bonchev–Trinajstić information content (AvgIpc) is 3.13. The summed E-state index contributed by atoms with van der Waals surface area (Å²) in [6, 6.07) is 32.4. The zero-order chi connectivity index (χ0) is 35.0. The number of unbranched alkanes of at least 4 members (excludes halogenated alkanes) is 1. The Morgan fingerprint density at radius 3 is 1.73 bits per heavy atom. The average molecular weight is 668 g/mol. The molecule has 0 aliphatic rings. The van der Waals surface area contributed by atoms with E-state index >= 15 is 0 Å². The van der Waals surface area contributed by atoms with Gasteiger partial charge in [0.05, 0.1) is 20.1 Å². The standard InChI is InChI=1S/C40H46FN3O5/c1-4-5-24-44(29-35(38(45)48-2)28-43(26-31-12-8-6-9-13-31)27-32-14-10-7-11-15-32)40(47)42-37(39(46)49-3)25-30-16-18-33(19-17-30)34-20-22-36(41)23-21-34/h6-23,35,37H,4-5,24-29H2,1-3H3,(H,42,47)/t35-,37+/m1/s1. The fraction of sp³-hybridized carbons (Fsp3) is 0.325. The molecule has 0 aliphatic carbocycles. The zero-order valence-corrected chi connectivity index (χ0v) is 28.5. The summed E-state index contributed by atoms with van der Waals surface area (Å²) in [5, 5.41) is 2.88. The van der Waals surface area contributed by atoms with E-state index in [1.54, 1.807) is 17.0 Å². The van der Waals surface area contributed by atoms with Gasteiger partial charge in [-0.15, -0.1) is 0 Å². The summed E-state index contributed by atoms with van der Waals surface area (Å²) >= 11 is 0. The number of nitrogens with one attached hydrogen (secondary N) is 1. The summed E-state index contributed by atoms with van der Waals surface area (Å²) in [5.74, 6) is -1.94. The van der Waals surface area contributed by atoms with E-state index in [2.05, 4.69) is 34.5 Å². The Kier molecular flexibility index (Phi) is 14.3. The number of benzene rings is 4. The number of amides is 2. The van der Waals surface area contributed by atoms with Gasteiger partial charge in [0, 0.05) is 39.1 Å². The fourth-order valence-electron chi connectivity index (χ4n) is 5.73. The van der Waals surface area contributed by atoms with Crippen molar-refractivity contribution in [2.24, 2.45) is 5.92 Å². The number of nitrogens with zero attached hydrogens (tertiary/aromatic N) is 2. The van der Waals surface area contributed by atoms with Crippen molar-refractivity contribution in [1.29, 1.82) is 0 Å². The van der Waals surface area contributed by atoms with Gasteiger partial charge >= 0.3 is 18.0 Å². The quantitative estimate of drug-likeness (QED) is 0.124. The molecule has 0 aromatic heterocycles. The number of rotatable bonds is 17. The number of methoxy groups -OCH3 is 2. The number of hydrogen-bond donors (Lipinski definition) is 1. The molecule has 4 rings (SSSR count). The molecule has 2 atom stereocenters. The third-order valence-electron chi connectivity index (χ3n) is 8.38. The Hall–Kier alpha value is -5.02. The predicted octanol–water partition coefficient (Wildman–Crippen LogP) is 6.88. The number of halogens is 1. The first-order chi connectivity index (χ1) is 23.8. The molecule has 2 amide bonds. The molecule has 1 N–H and O–H groups in total. The van der Waals surface area contributed by atoms with Gasteiger partial charge in [0.2, 0.25) is 0 Å². The van der Waals surface area contributed by atoms with Gasteiger partial charge in [-0.25, -0.2) is 14.0 Å². The number of esters is 2. The van der Waals surface area contributed by atoms with Crippen LogP contribution in [0.5, 0.6) is 0 Å². The minimum Gasteiger partial charge on any atom is -0.469 e. The lowest BCUT2D eigenvalue weighted by molar-refractivity contribution is -0.147. The predicted molar refractivity (Wildman–Crippen MR) is 189 cm³/mol. The van der Waals surface area contributed by atoms with Crippen LogP contribution in [0.4, 0.5) is 9.18 Å². The van der Waals surface area contributed by atoms with Crippen LogP contribution in [-0.4, -0.2) is 67.7 Å². The molecule has 258 valence electrons. The lowest BCUT2D eigenvalue weighted by Crippen LogP contribution is -2.52. The molecule has 4 aromatic carbocycles. The van der Waals surface area contributed by atoms with Crippen LogP contribution in [0.1, 0.15) is 36.5 Å². The summed E-state index contributed by atoms with van der Waals surface area (Å²) in [6.45, 7) is 4.10. The van der Waals surface area contributed by atoms with Gasteiger partial charge in [-0.3, -0.25) is 9.69 Å². The van der Waals surface area contributed by atoms with Crippen LogP contribution < -0.4 is 5.32 Å². The molecule has 0 saturated heterocycles. The van der Waals surface area contributed by atoms with Gasteiger partial charge in [0.1, 0.15) is 11.9 Å². The second-order valence-corrected chi connectivity index (χ2v) is 12.1. The van der Waals surface area contributed by atoms with Crippen molar-refractivity contribution < 1.29 is 28.2 Å². The highest BCUT2D eigenvalue weighted by molar-refractivity contribution is 5.84. The number of hydrogen-bond acceptors (Lipinski definition) is 6. The summed E-state index contributed by atoms with van der Waals surface area (Å²) in [6.07, 6.45) is 1.75. The Balaban J connectivity index is 1.51.